The number of phenols is 1. The number of hydrogen-bond donors (Lipinski definition) is 2. The van der Waals surface area contributed by atoms with Crippen molar-refractivity contribution in [3.8, 4) is 11.5 Å². The number of halogens is 2. The maximum absolute atomic E-state index is 11.8. The first-order valence-corrected chi connectivity index (χ1v) is 7.42. The summed E-state index contributed by atoms with van der Waals surface area (Å²) < 4.78 is 5.29. The largest absolute Gasteiger partial charge is 0.507 e. The highest BCUT2D eigenvalue weighted by atomic mass is 35.5. The topological polar surface area (TPSA) is 70.9 Å². The SMILES string of the molecule is C/C(=N\NC(=O)COc1cc(Cl)ccc1Cl)c1ccccc1O. The second kappa shape index (κ2) is 7.85. The lowest BCUT2D eigenvalue weighted by Gasteiger charge is -2.08. The molecule has 0 atom stereocenters. The number of nitrogens with one attached hydrogen (secondary N) is 1. The van der Waals surface area contributed by atoms with Gasteiger partial charge >= 0.3 is 0 Å². The molecule has 0 bridgehead atoms. The number of phenolic OH excluding ortho intramolecular Hbond substituents is 1. The second-order valence-electron chi connectivity index (χ2n) is 4.61. The second-order valence-corrected chi connectivity index (χ2v) is 5.46. The molecule has 0 fully saturated rings. The number of benzene rings is 2. The quantitative estimate of drug-likeness (QED) is 0.637. The average molecular weight is 353 g/mol. The van der Waals surface area contributed by atoms with Crippen LogP contribution in [-0.4, -0.2) is 23.3 Å². The zero-order chi connectivity index (χ0) is 16.8. The Hall–Kier alpha value is -2.24. The number of hydrazone groups is 1. The van der Waals surface area contributed by atoms with Gasteiger partial charge in [-0.1, -0.05) is 35.3 Å². The van der Waals surface area contributed by atoms with Crippen LogP contribution in [0.15, 0.2) is 47.6 Å². The summed E-state index contributed by atoms with van der Waals surface area (Å²) in [4.78, 5) is 11.8. The third-order valence-corrected chi connectivity index (χ3v) is 3.44. The molecule has 7 heteroatoms. The molecule has 2 N–H and O–H groups in total. The van der Waals surface area contributed by atoms with Gasteiger partial charge in [0.25, 0.3) is 5.91 Å². The molecule has 0 saturated carbocycles. The molecule has 0 aromatic heterocycles. The first kappa shape index (κ1) is 17.1. The molecular weight excluding hydrogens is 339 g/mol. The maximum atomic E-state index is 11.8. The number of rotatable bonds is 5. The number of amides is 1. The van der Waals surface area contributed by atoms with E-state index in [-0.39, 0.29) is 12.4 Å². The van der Waals surface area contributed by atoms with Crippen LogP contribution in [0.1, 0.15) is 12.5 Å². The molecule has 120 valence electrons. The van der Waals surface area contributed by atoms with Gasteiger partial charge in [-0.25, -0.2) is 5.43 Å². The maximum Gasteiger partial charge on any atom is 0.277 e. The zero-order valence-corrected chi connectivity index (χ0v) is 13.7. The monoisotopic (exact) mass is 352 g/mol. The Balaban J connectivity index is 1.94. The number of nitrogens with zero attached hydrogens (tertiary/aromatic N) is 1. The normalized spacial score (nSPS) is 11.2. The fraction of sp³-hybridized carbons (Fsp3) is 0.125. The summed E-state index contributed by atoms with van der Waals surface area (Å²) in [7, 11) is 0. The minimum atomic E-state index is -0.462. The van der Waals surface area contributed by atoms with Gasteiger partial charge in [-0.3, -0.25) is 4.79 Å². The summed E-state index contributed by atoms with van der Waals surface area (Å²) in [6.45, 7) is 1.40. The highest BCUT2D eigenvalue weighted by Gasteiger charge is 2.07. The summed E-state index contributed by atoms with van der Waals surface area (Å²) >= 11 is 11.8. The van der Waals surface area contributed by atoms with E-state index in [1.807, 2.05) is 0 Å². The van der Waals surface area contributed by atoms with Gasteiger partial charge in [0, 0.05) is 16.7 Å². The molecule has 2 rings (SSSR count). The lowest BCUT2D eigenvalue weighted by atomic mass is 10.1. The lowest BCUT2D eigenvalue weighted by Crippen LogP contribution is -2.25. The van der Waals surface area contributed by atoms with Gasteiger partial charge in [0.05, 0.1) is 10.7 Å². The van der Waals surface area contributed by atoms with Gasteiger partial charge in [0.1, 0.15) is 11.5 Å². The van der Waals surface area contributed by atoms with E-state index in [0.717, 1.165) is 0 Å². The molecule has 0 unspecified atom stereocenters. The molecule has 5 nitrogen and oxygen atoms in total. The van der Waals surface area contributed by atoms with E-state index in [1.165, 1.54) is 6.07 Å². The summed E-state index contributed by atoms with van der Waals surface area (Å²) in [5.41, 5.74) is 3.35. The Bertz CT molecular complexity index is 748. The van der Waals surface area contributed by atoms with Crippen LogP contribution in [0.2, 0.25) is 10.0 Å². The highest BCUT2D eigenvalue weighted by molar-refractivity contribution is 6.34. The Kier molecular flexibility index (Phi) is 5.84. The molecule has 2 aromatic carbocycles. The highest BCUT2D eigenvalue weighted by Crippen LogP contribution is 2.27. The van der Waals surface area contributed by atoms with Gasteiger partial charge in [0.15, 0.2) is 6.61 Å². The van der Waals surface area contributed by atoms with Crippen LogP contribution < -0.4 is 10.2 Å². The molecule has 0 aliphatic carbocycles. The van der Waals surface area contributed by atoms with Crippen molar-refractivity contribution in [2.75, 3.05) is 6.61 Å². The van der Waals surface area contributed by atoms with Crippen molar-refractivity contribution in [1.29, 1.82) is 0 Å². The third kappa shape index (κ3) is 4.87. The van der Waals surface area contributed by atoms with Gasteiger partial charge < -0.3 is 9.84 Å². The Morgan fingerprint density at radius 3 is 2.74 bits per heavy atom. The van der Waals surface area contributed by atoms with Crippen molar-refractivity contribution in [1.82, 2.24) is 5.43 Å². The zero-order valence-electron chi connectivity index (χ0n) is 12.2. The molecule has 0 radical (unpaired) electrons. The molecule has 0 spiro atoms. The van der Waals surface area contributed by atoms with Crippen LogP contribution in [0.25, 0.3) is 0 Å². The fourth-order valence-corrected chi connectivity index (χ4v) is 2.08. The predicted octanol–water partition coefficient (Wildman–Crippen LogP) is 3.62. The van der Waals surface area contributed by atoms with Crippen LogP contribution in [0.3, 0.4) is 0 Å². The van der Waals surface area contributed by atoms with E-state index in [9.17, 15) is 9.90 Å². The van der Waals surface area contributed by atoms with E-state index in [0.29, 0.717) is 27.1 Å². The smallest absolute Gasteiger partial charge is 0.277 e. The molecule has 0 aliphatic rings. The molecule has 0 aliphatic heterocycles. The van der Waals surface area contributed by atoms with Gasteiger partial charge in [0.2, 0.25) is 0 Å². The van der Waals surface area contributed by atoms with Crippen molar-refractivity contribution in [3.05, 3.63) is 58.1 Å². The van der Waals surface area contributed by atoms with E-state index in [1.54, 1.807) is 43.3 Å². The van der Waals surface area contributed by atoms with Gasteiger partial charge in [-0.15, -0.1) is 0 Å². The number of para-hydroxylation sites is 1. The van der Waals surface area contributed by atoms with Crippen molar-refractivity contribution in [3.63, 3.8) is 0 Å². The number of ether oxygens (including phenoxy) is 1. The molecule has 23 heavy (non-hydrogen) atoms. The minimum absolute atomic E-state index is 0.0879. The molecule has 1 amide bonds. The summed E-state index contributed by atoms with van der Waals surface area (Å²) in [5, 5.41) is 14.4. The Morgan fingerprint density at radius 2 is 2.00 bits per heavy atom. The summed E-state index contributed by atoms with van der Waals surface area (Å²) in [5.74, 6) is -0.0588. The lowest BCUT2D eigenvalue weighted by molar-refractivity contribution is -0.123. The fourth-order valence-electron chi connectivity index (χ4n) is 1.75. The Morgan fingerprint density at radius 1 is 1.26 bits per heavy atom. The standard InChI is InChI=1S/C16H14Cl2N2O3/c1-10(12-4-2-3-5-14(12)21)19-20-16(22)9-23-15-8-11(17)6-7-13(15)18/h2-8,21H,9H2,1H3,(H,20,22)/b19-10+. The summed E-state index contributed by atoms with van der Waals surface area (Å²) in [6.07, 6.45) is 0. The Labute approximate surface area is 143 Å². The van der Waals surface area contributed by atoms with E-state index in [2.05, 4.69) is 10.5 Å². The summed E-state index contributed by atoms with van der Waals surface area (Å²) in [6, 6.07) is 11.4. The van der Waals surface area contributed by atoms with Crippen molar-refractivity contribution < 1.29 is 14.6 Å². The number of hydrogen-bond acceptors (Lipinski definition) is 4. The number of carbonyl (C=O) groups excluding carboxylic acids is 1. The van der Waals surface area contributed by atoms with E-state index < -0.39 is 5.91 Å². The first-order chi connectivity index (χ1) is 11.0. The van der Waals surface area contributed by atoms with Crippen LogP contribution in [0, 0.1) is 0 Å². The molecule has 2 aromatic rings. The van der Waals surface area contributed by atoms with Crippen LogP contribution in [0.5, 0.6) is 11.5 Å². The minimum Gasteiger partial charge on any atom is -0.507 e. The van der Waals surface area contributed by atoms with Crippen molar-refractivity contribution in [2.24, 2.45) is 5.10 Å². The van der Waals surface area contributed by atoms with Crippen molar-refractivity contribution >= 4 is 34.8 Å². The van der Waals surface area contributed by atoms with Crippen LogP contribution >= 0.6 is 23.2 Å². The molecule has 0 saturated heterocycles. The van der Waals surface area contributed by atoms with Crippen molar-refractivity contribution in [2.45, 2.75) is 6.92 Å². The van der Waals surface area contributed by atoms with Crippen LogP contribution in [-0.2, 0) is 4.79 Å². The third-order valence-electron chi connectivity index (χ3n) is 2.89. The first-order valence-electron chi connectivity index (χ1n) is 6.66. The molecule has 0 heterocycles. The predicted molar refractivity (Wildman–Crippen MR) is 90.4 cm³/mol. The average Bonchev–Trinajstić information content (AvgIpc) is 2.54. The van der Waals surface area contributed by atoms with Gasteiger partial charge in [-0.2, -0.15) is 5.10 Å². The number of carbonyl (C=O) groups is 1. The van der Waals surface area contributed by atoms with E-state index >= 15 is 0 Å². The van der Waals surface area contributed by atoms with E-state index in [4.69, 9.17) is 27.9 Å². The van der Waals surface area contributed by atoms with Gasteiger partial charge in [-0.05, 0) is 31.2 Å². The van der Waals surface area contributed by atoms with Crippen LogP contribution in [0.4, 0.5) is 0 Å². The number of aromatic hydroxyl groups is 1. The molecular formula is C16H14Cl2N2O3.